The van der Waals surface area contributed by atoms with Gasteiger partial charge in [-0.15, -0.1) is 0 Å². The highest BCUT2D eigenvalue weighted by atomic mass is 16.6. The Morgan fingerprint density at radius 1 is 0.696 bits per heavy atom. The van der Waals surface area contributed by atoms with Crippen molar-refractivity contribution in [3.8, 4) is 0 Å². The summed E-state index contributed by atoms with van der Waals surface area (Å²) in [6.07, 6.45) is 14.1. The van der Waals surface area contributed by atoms with Gasteiger partial charge >= 0.3 is 0 Å². The molecule has 6 fully saturated rings. The highest BCUT2D eigenvalue weighted by Gasteiger charge is 2.52. The van der Waals surface area contributed by atoms with Crippen LogP contribution in [0.2, 0.25) is 0 Å². The number of aliphatic hydroxyl groups excluding tert-OH is 2. The van der Waals surface area contributed by atoms with E-state index in [-0.39, 0.29) is 43.2 Å². The first kappa shape index (κ1) is 35.5. The number of rotatable bonds is 10. The van der Waals surface area contributed by atoms with Crippen LogP contribution in [0, 0.1) is 35.5 Å². The van der Waals surface area contributed by atoms with Gasteiger partial charge in [-0.3, -0.25) is 0 Å². The van der Waals surface area contributed by atoms with E-state index in [0.717, 1.165) is 70.4 Å². The van der Waals surface area contributed by atoms with Crippen LogP contribution in [0.1, 0.15) is 83.5 Å². The molecule has 14 atom stereocenters. The molecule has 4 aliphatic carbocycles. The minimum Gasteiger partial charge on any atom is -0.396 e. The monoisotopic (exact) mass is 651 g/mol. The van der Waals surface area contributed by atoms with Crippen molar-refractivity contribution in [3.63, 3.8) is 0 Å². The summed E-state index contributed by atoms with van der Waals surface area (Å²) in [6.45, 7) is 3.67. The number of nitrogens with zero attached hydrogens (tertiary/aromatic N) is 1. The lowest BCUT2D eigenvalue weighted by molar-refractivity contribution is -0.891. The van der Waals surface area contributed by atoms with E-state index in [2.05, 4.69) is 19.0 Å². The van der Waals surface area contributed by atoms with E-state index in [4.69, 9.17) is 23.7 Å². The van der Waals surface area contributed by atoms with Crippen LogP contribution in [0.15, 0.2) is 0 Å². The average Bonchev–Trinajstić information content (AvgIpc) is 3.07. The summed E-state index contributed by atoms with van der Waals surface area (Å²) in [6, 6.07) is 0.563. The Hall–Kier alpha value is -0.360. The normalized spacial score (nSPS) is 48.8. The van der Waals surface area contributed by atoms with Gasteiger partial charge in [0.1, 0.15) is 6.10 Å². The second-order valence-corrected chi connectivity index (χ2v) is 16.5. The van der Waals surface area contributed by atoms with Gasteiger partial charge in [0, 0.05) is 39.9 Å². The van der Waals surface area contributed by atoms with Gasteiger partial charge in [0.2, 0.25) is 0 Å². The fourth-order valence-corrected chi connectivity index (χ4v) is 11.0. The number of ether oxygens (including phenoxy) is 5. The summed E-state index contributed by atoms with van der Waals surface area (Å²) in [5.74, 6) is 3.26. The van der Waals surface area contributed by atoms with Crippen LogP contribution in [-0.4, -0.2) is 132 Å². The van der Waals surface area contributed by atoms with E-state index < -0.39 is 6.10 Å². The van der Waals surface area contributed by atoms with E-state index in [0.29, 0.717) is 41.7 Å². The van der Waals surface area contributed by atoms with Crippen LogP contribution in [-0.2, 0) is 23.7 Å². The molecular formula is C37H67N2O7+. The van der Waals surface area contributed by atoms with Crippen molar-refractivity contribution < 1.29 is 38.8 Å². The fourth-order valence-electron chi connectivity index (χ4n) is 11.0. The number of likely N-dealkylation sites (tertiary alicyclic amines) is 2. The summed E-state index contributed by atoms with van der Waals surface area (Å²) in [7, 11) is 10.0. The van der Waals surface area contributed by atoms with Gasteiger partial charge in [0.15, 0.2) is 0 Å². The molecule has 4 saturated carbocycles. The maximum atomic E-state index is 11.5. The summed E-state index contributed by atoms with van der Waals surface area (Å²) >= 11 is 0. The van der Waals surface area contributed by atoms with Crippen LogP contribution < -0.4 is 4.90 Å². The molecular weight excluding hydrogens is 584 g/mol. The molecule has 3 N–H and O–H groups in total. The van der Waals surface area contributed by atoms with Crippen LogP contribution >= 0.6 is 0 Å². The van der Waals surface area contributed by atoms with Crippen molar-refractivity contribution in [1.82, 2.24) is 4.90 Å². The molecule has 0 spiro atoms. The van der Waals surface area contributed by atoms with Gasteiger partial charge in [-0.25, -0.2) is 0 Å². The first-order valence-electron chi connectivity index (χ1n) is 19.0. The molecule has 0 amide bonds. The topological polar surface area (TPSA) is 94.3 Å². The molecule has 2 saturated heterocycles. The summed E-state index contributed by atoms with van der Waals surface area (Å²) in [5.41, 5.74) is 0. The molecule has 2 heterocycles. The van der Waals surface area contributed by atoms with E-state index in [9.17, 15) is 10.2 Å². The zero-order valence-electron chi connectivity index (χ0n) is 29.6. The predicted molar refractivity (Wildman–Crippen MR) is 177 cm³/mol. The van der Waals surface area contributed by atoms with Gasteiger partial charge in [-0.2, -0.15) is 0 Å². The molecule has 0 radical (unpaired) electrons. The number of nitrogens with one attached hydrogen (secondary N) is 1. The number of aliphatic hydroxyl groups is 2. The number of piperidine rings is 2. The highest BCUT2D eigenvalue weighted by Crippen LogP contribution is 2.46. The third-order valence-corrected chi connectivity index (χ3v) is 13.9. The smallest absolute Gasteiger partial charge is 0.107 e. The van der Waals surface area contributed by atoms with Crippen molar-refractivity contribution in [2.75, 3.05) is 61.7 Å². The van der Waals surface area contributed by atoms with Crippen molar-refractivity contribution in [2.24, 2.45) is 35.5 Å². The first-order chi connectivity index (χ1) is 22.3. The standard InChI is InChI=1S/C37H66N2O7/c1-38-14-12-26-19-35(44-5)36(41)37(29(26)21-38)46-34-20-28-25(18-32(34)43-4)13-15-39(2)30(28)16-23-6-9-27(10-7-23)45-33-17-24(22-40)8-11-31(33)42-3/h23-37,40-41H,6-22H2,1-5H3/p+1/t23?,24?,25?,26?,27?,28?,29?,30-,31?,32?,33?,34?,35?,36?,37?/m0/s1. The zero-order chi connectivity index (χ0) is 32.4. The molecule has 2 aliphatic heterocycles. The molecule has 46 heavy (non-hydrogen) atoms. The number of quaternary nitrogens is 1. The number of methoxy groups -OCH3 is 3. The minimum atomic E-state index is -0.586. The van der Waals surface area contributed by atoms with Crippen molar-refractivity contribution in [2.45, 2.75) is 138 Å². The molecule has 9 nitrogen and oxygen atoms in total. The van der Waals surface area contributed by atoms with Crippen molar-refractivity contribution in [3.05, 3.63) is 0 Å². The third kappa shape index (κ3) is 7.83. The SMILES string of the molecule is COC1CCC(CO)CC1OC1CCC(C[C@H]2C3CC(OC4C(O)C(OC)CC5CC[NH+](C)CC54)C(OC)CC3CCN2C)CC1. The maximum Gasteiger partial charge on any atom is 0.107 e. The second kappa shape index (κ2) is 16.1. The van der Waals surface area contributed by atoms with Crippen LogP contribution in [0.25, 0.3) is 0 Å². The van der Waals surface area contributed by atoms with Gasteiger partial charge in [0.25, 0.3) is 0 Å². The Labute approximate surface area is 279 Å². The van der Waals surface area contributed by atoms with Crippen molar-refractivity contribution >= 4 is 0 Å². The fraction of sp³-hybridized carbons (Fsp3) is 1.00. The molecule has 0 aromatic carbocycles. The van der Waals surface area contributed by atoms with E-state index >= 15 is 0 Å². The Kier molecular flexibility index (Phi) is 12.4. The largest absolute Gasteiger partial charge is 0.396 e. The average molecular weight is 652 g/mol. The molecule has 9 heteroatoms. The lowest BCUT2D eigenvalue weighted by Gasteiger charge is -2.53. The van der Waals surface area contributed by atoms with E-state index in [1.165, 1.54) is 38.6 Å². The third-order valence-electron chi connectivity index (χ3n) is 13.9. The molecule has 6 rings (SSSR count). The van der Waals surface area contributed by atoms with Gasteiger partial charge in [-0.1, -0.05) is 0 Å². The lowest BCUT2D eigenvalue weighted by atomic mass is 9.66. The maximum absolute atomic E-state index is 11.5. The van der Waals surface area contributed by atoms with Crippen molar-refractivity contribution in [1.29, 1.82) is 0 Å². The van der Waals surface area contributed by atoms with E-state index in [1.807, 2.05) is 7.11 Å². The number of hydrogen-bond donors (Lipinski definition) is 3. The molecule has 0 aromatic heterocycles. The zero-order valence-corrected chi connectivity index (χ0v) is 29.6. The minimum absolute atomic E-state index is 0.00879. The molecule has 0 aromatic rings. The number of fused-ring (bicyclic) bond motifs is 2. The Balaban J connectivity index is 1.08. The molecule has 266 valence electrons. The van der Waals surface area contributed by atoms with Crippen LogP contribution in [0.3, 0.4) is 0 Å². The summed E-state index contributed by atoms with van der Waals surface area (Å²) < 4.78 is 31.6. The molecule has 13 unspecified atom stereocenters. The second-order valence-electron chi connectivity index (χ2n) is 16.5. The Bertz CT molecular complexity index is 935. The lowest BCUT2D eigenvalue weighted by Crippen LogP contribution is -3.11. The Morgan fingerprint density at radius 2 is 1.37 bits per heavy atom. The van der Waals surface area contributed by atoms with E-state index in [1.54, 1.807) is 19.1 Å². The van der Waals surface area contributed by atoms with Crippen LogP contribution in [0.5, 0.6) is 0 Å². The molecule has 0 bridgehead atoms. The van der Waals surface area contributed by atoms with Gasteiger partial charge < -0.3 is 43.7 Å². The summed E-state index contributed by atoms with van der Waals surface area (Å²) in [5, 5.41) is 21.3. The molecule has 6 aliphatic rings. The van der Waals surface area contributed by atoms with Gasteiger partial charge in [0.05, 0.1) is 62.9 Å². The highest BCUT2D eigenvalue weighted by molar-refractivity contribution is 5.00. The Morgan fingerprint density at radius 3 is 2.09 bits per heavy atom. The van der Waals surface area contributed by atoms with Crippen LogP contribution in [0.4, 0.5) is 0 Å². The quantitative estimate of drug-likeness (QED) is 0.332. The van der Waals surface area contributed by atoms with Gasteiger partial charge in [-0.05, 0) is 127 Å². The first-order valence-corrected chi connectivity index (χ1v) is 19.0. The summed E-state index contributed by atoms with van der Waals surface area (Å²) in [4.78, 5) is 4.20. The number of hydrogen-bond acceptors (Lipinski definition) is 8. The predicted octanol–water partition coefficient (Wildman–Crippen LogP) is 2.56.